The first-order valence-electron chi connectivity index (χ1n) is 0.940. The van der Waals surface area contributed by atoms with Gasteiger partial charge in [-0.3, -0.25) is 0 Å². The van der Waals surface area contributed by atoms with Gasteiger partial charge in [0.2, 0.25) is 0 Å². The van der Waals surface area contributed by atoms with Crippen LogP contribution >= 0.6 is 45.0 Å². The molecule has 0 aromatic heterocycles. The molecule has 0 aromatic carbocycles. The second-order valence-corrected chi connectivity index (χ2v) is 2.17. The van der Waals surface area contributed by atoms with Crippen LogP contribution in [0.1, 0.15) is 0 Å². The zero-order valence-electron chi connectivity index (χ0n) is 2.49. The van der Waals surface area contributed by atoms with Crippen molar-refractivity contribution in [2.45, 2.75) is 0 Å². The summed E-state index contributed by atoms with van der Waals surface area (Å²) < 4.78 is 3.13. The number of hydrogen-bond acceptors (Lipinski definition) is 2. The van der Waals surface area contributed by atoms with Crippen molar-refractivity contribution in [3.05, 3.63) is 0 Å². The SMILES string of the molecule is ClN=C(Cl)SCl. The summed E-state index contributed by atoms with van der Waals surface area (Å²) in [7, 11) is 5.80. The summed E-state index contributed by atoms with van der Waals surface area (Å²) in [5.41, 5.74) is 0. The second kappa shape index (κ2) is 4.06. The lowest BCUT2D eigenvalue weighted by atomic mass is 11.7. The Hall–Kier alpha value is 0.890. The van der Waals surface area contributed by atoms with Crippen molar-refractivity contribution in [1.29, 1.82) is 0 Å². The Balaban J connectivity index is 3.22. The molecule has 6 heavy (non-hydrogen) atoms. The first kappa shape index (κ1) is 6.89. The standard InChI is InChI=1S/CCl3NS/c2-1(5-3)6-4. The molecule has 0 N–H and O–H groups in total. The highest BCUT2D eigenvalue weighted by atomic mass is 35.7. The van der Waals surface area contributed by atoms with E-state index in [0.29, 0.717) is 0 Å². The monoisotopic (exact) mass is 163 g/mol. The molecule has 0 bridgehead atoms. The Morgan fingerprint density at radius 2 is 2.17 bits per heavy atom. The molecule has 0 fully saturated rings. The van der Waals surface area contributed by atoms with Crippen LogP contribution in [0.25, 0.3) is 0 Å². The Morgan fingerprint density at radius 1 is 1.67 bits per heavy atom. The minimum absolute atomic E-state index is 0.137. The van der Waals surface area contributed by atoms with Crippen molar-refractivity contribution < 1.29 is 0 Å². The number of rotatable bonds is 0. The molecule has 0 unspecified atom stereocenters. The minimum atomic E-state index is 0.137. The highest BCUT2D eigenvalue weighted by molar-refractivity contribution is 8.34. The number of hydrogen-bond donors (Lipinski definition) is 0. The molecule has 0 rings (SSSR count). The molecule has 5 heteroatoms. The van der Waals surface area contributed by atoms with E-state index in [2.05, 4.69) is 4.51 Å². The molecular formula is CCl3NS. The zero-order chi connectivity index (χ0) is 4.99. The van der Waals surface area contributed by atoms with Gasteiger partial charge in [0.15, 0.2) is 4.50 Å². The van der Waals surface area contributed by atoms with Crippen molar-refractivity contribution in [3.8, 4) is 0 Å². The minimum Gasteiger partial charge on any atom is -0.157 e. The predicted octanol–water partition coefficient (Wildman–Crippen LogP) is 2.62. The molecular weight excluding hydrogens is 164 g/mol. The first-order valence-corrected chi connectivity index (χ1v) is 3.30. The molecule has 0 amide bonds. The van der Waals surface area contributed by atoms with E-state index in [-0.39, 0.29) is 4.50 Å². The third-order valence-electron chi connectivity index (χ3n) is 0.130. The van der Waals surface area contributed by atoms with Gasteiger partial charge in [0.25, 0.3) is 0 Å². The van der Waals surface area contributed by atoms with Gasteiger partial charge in [0.05, 0.1) is 0 Å². The molecule has 1 nitrogen and oxygen atoms in total. The van der Waals surface area contributed by atoms with Crippen molar-refractivity contribution in [2.24, 2.45) is 4.51 Å². The third kappa shape index (κ3) is 3.09. The Morgan fingerprint density at radius 3 is 2.17 bits per heavy atom. The summed E-state index contributed by atoms with van der Waals surface area (Å²) in [6, 6.07) is 0. The van der Waals surface area contributed by atoms with Crippen LogP contribution in [0.15, 0.2) is 4.51 Å². The average Bonchev–Trinajstić information content (AvgIpc) is 1.65. The largest absolute Gasteiger partial charge is 0.192 e. The van der Waals surface area contributed by atoms with Gasteiger partial charge >= 0.3 is 0 Å². The summed E-state index contributed by atoms with van der Waals surface area (Å²) in [6.45, 7) is 0. The fourth-order valence-electron chi connectivity index (χ4n) is 0.0130. The molecule has 0 aliphatic carbocycles. The summed E-state index contributed by atoms with van der Waals surface area (Å²) >= 11 is 9.90. The van der Waals surface area contributed by atoms with E-state index in [4.69, 9.17) is 34.1 Å². The van der Waals surface area contributed by atoms with Crippen LogP contribution in [0.5, 0.6) is 0 Å². The van der Waals surface area contributed by atoms with Crippen LogP contribution in [0.2, 0.25) is 0 Å². The van der Waals surface area contributed by atoms with Gasteiger partial charge in [-0.05, 0) is 10.7 Å². The lowest BCUT2D eigenvalue weighted by Crippen LogP contribution is -1.62. The van der Waals surface area contributed by atoms with E-state index < -0.39 is 0 Å². The van der Waals surface area contributed by atoms with Crippen LogP contribution < -0.4 is 0 Å². The van der Waals surface area contributed by atoms with Crippen LogP contribution in [0, 0.1) is 0 Å². The van der Waals surface area contributed by atoms with E-state index >= 15 is 0 Å². The van der Waals surface area contributed by atoms with Crippen LogP contribution in [0.3, 0.4) is 0 Å². The lowest BCUT2D eigenvalue weighted by Gasteiger charge is -1.74. The van der Waals surface area contributed by atoms with Gasteiger partial charge in [0, 0.05) is 22.8 Å². The van der Waals surface area contributed by atoms with E-state index in [0.717, 1.165) is 11.0 Å². The first-order chi connectivity index (χ1) is 2.81. The summed E-state index contributed by atoms with van der Waals surface area (Å²) in [5.74, 6) is 0. The summed E-state index contributed by atoms with van der Waals surface area (Å²) in [4.78, 5) is 0. The molecule has 0 aliphatic heterocycles. The Labute approximate surface area is 54.3 Å². The third-order valence-corrected chi connectivity index (χ3v) is 1.70. The van der Waals surface area contributed by atoms with Crippen molar-refractivity contribution in [1.82, 2.24) is 0 Å². The van der Waals surface area contributed by atoms with Gasteiger partial charge in [0.1, 0.15) is 0 Å². The predicted molar refractivity (Wildman–Crippen MR) is 32.6 cm³/mol. The van der Waals surface area contributed by atoms with E-state index in [9.17, 15) is 0 Å². The van der Waals surface area contributed by atoms with Crippen molar-refractivity contribution >= 4 is 49.5 Å². The average molecular weight is 164 g/mol. The molecule has 0 atom stereocenters. The second-order valence-electron chi connectivity index (χ2n) is 0.415. The van der Waals surface area contributed by atoms with Crippen molar-refractivity contribution in [3.63, 3.8) is 0 Å². The fraction of sp³-hybridized carbons (Fsp3) is 0. The maximum Gasteiger partial charge on any atom is 0.192 e. The van der Waals surface area contributed by atoms with Gasteiger partial charge in [-0.2, -0.15) is 4.51 Å². The molecule has 0 saturated heterocycles. The Kier molecular flexibility index (Phi) is 4.66. The van der Waals surface area contributed by atoms with Gasteiger partial charge in [-0.1, -0.05) is 11.6 Å². The molecule has 0 aromatic rings. The number of nitrogens with zero attached hydrogens (tertiary/aromatic N) is 1. The lowest BCUT2D eigenvalue weighted by molar-refractivity contribution is 1.98. The highest BCUT2D eigenvalue weighted by Gasteiger charge is 1.84. The maximum atomic E-state index is 5.10. The van der Waals surface area contributed by atoms with E-state index in [1.807, 2.05) is 0 Å². The number of halogens is 3. The van der Waals surface area contributed by atoms with Crippen LogP contribution in [-0.4, -0.2) is 4.50 Å². The maximum absolute atomic E-state index is 5.10. The van der Waals surface area contributed by atoms with E-state index in [1.54, 1.807) is 0 Å². The van der Waals surface area contributed by atoms with Gasteiger partial charge < -0.3 is 0 Å². The van der Waals surface area contributed by atoms with Crippen LogP contribution in [0.4, 0.5) is 0 Å². The van der Waals surface area contributed by atoms with E-state index in [1.165, 1.54) is 0 Å². The zero-order valence-corrected chi connectivity index (χ0v) is 5.57. The normalized spacial score (nSPS) is 12.2. The molecule has 0 spiro atoms. The topological polar surface area (TPSA) is 12.4 Å². The molecule has 0 aliphatic rings. The van der Waals surface area contributed by atoms with Crippen LogP contribution in [-0.2, 0) is 0 Å². The van der Waals surface area contributed by atoms with Crippen molar-refractivity contribution in [2.75, 3.05) is 0 Å². The smallest absolute Gasteiger partial charge is 0.157 e. The fourth-order valence-corrected chi connectivity index (χ4v) is 0.352. The summed E-state index contributed by atoms with van der Waals surface area (Å²) in [6.07, 6.45) is 0. The van der Waals surface area contributed by atoms with Gasteiger partial charge in [-0.15, -0.1) is 0 Å². The quantitative estimate of drug-likeness (QED) is 0.396. The highest BCUT2D eigenvalue weighted by Crippen LogP contribution is 2.12. The summed E-state index contributed by atoms with van der Waals surface area (Å²) in [5, 5.41) is 0. The molecule has 0 heterocycles. The molecule has 0 saturated carbocycles. The molecule has 0 radical (unpaired) electrons. The Bertz CT molecular complexity index is 61.8. The molecule has 36 valence electrons. The van der Waals surface area contributed by atoms with Gasteiger partial charge in [-0.25, -0.2) is 0 Å².